The van der Waals surface area contributed by atoms with Crippen molar-refractivity contribution < 1.29 is 9.53 Å². The minimum Gasteiger partial charge on any atom is -0.383 e. The molecule has 1 N–H and O–H groups in total. The Kier molecular flexibility index (Phi) is 5.75. The zero-order valence-corrected chi connectivity index (χ0v) is 11.3. The number of hydrogen-bond acceptors (Lipinski definition) is 2. The van der Waals surface area contributed by atoms with Crippen molar-refractivity contribution in [2.24, 2.45) is 0 Å². The lowest BCUT2D eigenvalue weighted by Gasteiger charge is -2.11. The van der Waals surface area contributed by atoms with Crippen molar-refractivity contribution in [3.05, 3.63) is 34.3 Å². The quantitative estimate of drug-likeness (QED) is 0.839. The number of carbonyl (C=O) groups is 1. The van der Waals surface area contributed by atoms with Crippen LogP contribution < -0.4 is 5.32 Å². The molecule has 0 aliphatic carbocycles. The van der Waals surface area contributed by atoms with Crippen LogP contribution in [0.3, 0.4) is 0 Å². The Morgan fingerprint density at radius 3 is 2.88 bits per heavy atom. The van der Waals surface area contributed by atoms with Gasteiger partial charge < -0.3 is 10.1 Å². The van der Waals surface area contributed by atoms with Gasteiger partial charge in [0.25, 0.3) is 5.91 Å². The van der Waals surface area contributed by atoms with E-state index in [1.165, 1.54) is 0 Å². The Hall–Kier alpha value is -0.770. The van der Waals surface area contributed by atoms with Gasteiger partial charge in [-0.25, -0.2) is 0 Å². The van der Waals surface area contributed by atoms with E-state index in [1.807, 2.05) is 13.0 Å². The van der Waals surface area contributed by atoms with Crippen LogP contribution in [0.15, 0.2) is 18.2 Å². The maximum absolute atomic E-state index is 11.9. The van der Waals surface area contributed by atoms with Crippen LogP contribution >= 0.6 is 23.2 Å². The van der Waals surface area contributed by atoms with Crippen LogP contribution in [0, 0.1) is 6.92 Å². The Labute approximate surface area is 111 Å². The molecule has 0 saturated heterocycles. The molecule has 5 heteroatoms. The Bertz CT molecular complexity index is 396. The molecule has 1 unspecified atom stereocenters. The highest BCUT2D eigenvalue weighted by atomic mass is 35.5. The number of aryl methyl sites for hydroxylation is 1. The van der Waals surface area contributed by atoms with Crippen molar-refractivity contribution in [1.29, 1.82) is 0 Å². The lowest BCUT2D eigenvalue weighted by Crippen LogP contribution is -2.32. The molecule has 0 bridgehead atoms. The van der Waals surface area contributed by atoms with E-state index in [0.717, 1.165) is 5.56 Å². The predicted molar refractivity (Wildman–Crippen MR) is 70.0 cm³/mol. The standard InChI is InChI=1S/C12H15Cl2NO2/c1-8-3-4-9(13)5-11(8)12(16)15-6-10(14)7-17-2/h3-5,10H,6-7H2,1-2H3,(H,15,16). The number of nitrogens with one attached hydrogen (secondary N) is 1. The molecule has 0 aliphatic heterocycles. The minimum absolute atomic E-state index is 0.174. The van der Waals surface area contributed by atoms with Crippen molar-refractivity contribution in [2.75, 3.05) is 20.3 Å². The van der Waals surface area contributed by atoms with Gasteiger partial charge in [-0.3, -0.25) is 4.79 Å². The van der Waals surface area contributed by atoms with Gasteiger partial charge in [-0.2, -0.15) is 0 Å². The smallest absolute Gasteiger partial charge is 0.251 e. The summed E-state index contributed by atoms with van der Waals surface area (Å²) in [5.74, 6) is -0.174. The van der Waals surface area contributed by atoms with E-state index in [1.54, 1.807) is 19.2 Å². The second kappa shape index (κ2) is 6.84. The van der Waals surface area contributed by atoms with E-state index in [4.69, 9.17) is 27.9 Å². The Morgan fingerprint density at radius 2 is 2.24 bits per heavy atom. The average Bonchev–Trinajstić information content (AvgIpc) is 2.29. The molecule has 3 nitrogen and oxygen atoms in total. The van der Waals surface area contributed by atoms with Crippen LogP contribution in [0.4, 0.5) is 0 Å². The van der Waals surface area contributed by atoms with Crippen LogP contribution in [0.25, 0.3) is 0 Å². The summed E-state index contributed by atoms with van der Waals surface area (Å²) in [7, 11) is 1.57. The van der Waals surface area contributed by atoms with Crippen LogP contribution in [-0.2, 0) is 4.74 Å². The van der Waals surface area contributed by atoms with Crippen LogP contribution in [0.5, 0.6) is 0 Å². The third-order valence-electron chi connectivity index (χ3n) is 2.28. The molecule has 94 valence electrons. The summed E-state index contributed by atoms with van der Waals surface area (Å²) in [4.78, 5) is 11.9. The minimum atomic E-state index is -0.233. The summed E-state index contributed by atoms with van der Waals surface area (Å²) in [6.45, 7) is 2.62. The molecule has 0 aromatic heterocycles. The normalized spacial score (nSPS) is 12.2. The summed E-state index contributed by atoms with van der Waals surface area (Å²) >= 11 is 11.8. The van der Waals surface area contributed by atoms with Gasteiger partial charge in [-0.05, 0) is 24.6 Å². The van der Waals surface area contributed by atoms with E-state index in [-0.39, 0.29) is 11.3 Å². The second-order valence-electron chi connectivity index (χ2n) is 3.72. The molecule has 0 radical (unpaired) electrons. The highest BCUT2D eigenvalue weighted by molar-refractivity contribution is 6.31. The molecule has 1 aromatic rings. The van der Waals surface area contributed by atoms with E-state index in [0.29, 0.717) is 23.7 Å². The third kappa shape index (κ3) is 4.54. The summed E-state index contributed by atoms with van der Waals surface area (Å²) in [5.41, 5.74) is 1.45. The summed E-state index contributed by atoms with van der Waals surface area (Å²) in [6.07, 6.45) is 0. The molecule has 17 heavy (non-hydrogen) atoms. The van der Waals surface area contributed by atoms with Crippen molar-refractivity contribution >= 4 is 29.1 Å². The number of methoxy groups -OCH3 is 1. The topological polar surface area (TPSA) is 38.3 Å². The van der Waals surface area contributed by atoms with Crippen molar-refractivity contribution in [3.63, 3.8) is 0 Å². The van der Waals surface area contributed by atoms with E-state index >= 15 is 0 Å². The number of alkyl halides is 1. The summed E-state index contributed by atoms with van der Waals surface area (Å²) in [6, 6.07) is 5.21. The first-order valence-corrected chi connectivity index (χ1v) is 6.03. The van der Waals surface area contributed by atoms with Gasteiger partial charge in [0.2, 0.25) is 0 Å². The SMILES string of the molecule is COCC(Cl)CNC(=O)c1cc(Cl)ccc1C. The molecular formula is C12H15Cl2NO2. The molecule has 0 fully saturated rings. The van der Waals surface area contributed by atoms with Gasteiger partial charge in [0.15, 0.2) is 0 Å². The maximum Gasteiger partial charge on any atom is 0.251 e. The first-order chi connectivity index (χ1) is 8.04. The van der Waals surface area contributed by atoms with Gasteiger partial charge in [0.1, 0.15) is 0 Å². The Balaban J connectivity index is 2.61. The molecule has 0 saturated carbocycles. The van der Waals surface area contributed by atoms with Crippen LogP contribution in [0.2, 0.25) is 5.02 Å². The number of ether oxygens (including phenoxy) is 1. The monoisotopic (exact) mass is 275 g/mol. The molecule has 1 aromatic carbocycles. The molecule has 0 aliphatic rings. The van der Waals surface area contributed by atoms with Crippen LogP contribution in [0.1, 0.15) is 15.9 Å². The Morgan fingerprint density at radius 1 is 1.53 bits per heavy atom. The number of halogens is 2. The lowest BCUT2D eigenvalue weighted by molar-refractivity contribution is 0.0948. The fraction of sp³-hybridized carbons (Fsp3) is 0.417. The average molecular weight is 276 g/mol. The van der Waals surface area contributed by atoms with Crippen molar-refractivity contribution in [3.8, 4) is 0 Å². The number of hydrogen-bond donors (Lipinski definition) is 1. The summed E-state index contributed by atoms with van der Waals surface area (Å²) < 4.78 is 4.88. The largest absolute Gasteiger partial charge is 0.383 e. The lowest BCUT2D eigenvalue weighted by atomic mass is 10.1. The van der Waals surface area contributed by atoms with E-state index in [2.05, 4.69) is 5.32 Å². The van der Waals surface area contributed by atoms with Crippen molar-refractivity contribution in [2.45, 2.75) is 12.3 Å². The number of benzene rings is 1. The number of amides is 1. The van der Waals surface area contributed by atoms with Gasteiger partial charge in [0, 0.05) is 24.2 Å². The molecular weight excluding hydrogens is 261 g/mol. The zero-order chi connectivity index (χ0) is 12.8. The first-order valence-electron chi connectivity index (χ1n) is 5.22. The van der Waals surface area contributed by atoms with Crippen LogP contribution in [-0.4, -0.2) is 31.5 Å². The summed E-state index contributed by atoms with van der Waals surface area (Å²) in [5, 5.41) is 3.05. The number of carbonyl (C=O) groups excluding carboxylic acids is 1. The first kappa shape index (κ1) is 14.3. The molecule has 1 rings (SSSR count). The molecule has 0 heterocycles. The number of rotatable bonds is 5. The molecule has 0 spiro atoms. The highest BCUT2D eigenvalue weighted by Gasteiger charge is 2.11. The zero-order valence-electron chi connectivity index (χ0n) is 9.80. The van der Waals surface area contributed by atoms with E-state index in [9.17, 15) is 4.79 Å². The van der Waals surface area contributed by atoms with Gasteiger partial charge in [0.05, 0.1) is 12.0 Å². The van der Waals surface area contributed by atoms with Gasteiger partial charge >= 0.3 is 0 Å². The van der Waals surface area contributed by atoms with E-state index < -0.39 is 0 Å². The fourth-order valence-electron chi connectivity index (χ4n) is 1.38. The molecule has 1 amide bonds. The van der Waals surface area contributed by atoms with Gasteiger partial charge in [-0.1, -0.05) is 17.7 Å². The van der Waals surface area contributed by atoms with Crippen molar-refractivity contribution in [1.82, 2.24) is 5.32 Å². The maximum atomic E-state index is 11.9. The fourth-order valence-corrected chi connectivity index (χ4v) is 1.75. The predicted octanol–water partition coefficient (Wildman–Crippen LogP) is 2.63. The third-order valence-corrected chi connectivity index (χ3v) is 2.79. The van der Waals surface area contributed by atoms with Gasteiger partial charge in [-0.15, -0.1) is 11.6 Å². The highest BCUT2D eigenvalue weighted by Crippen LogP contribution is 2.15. The second-order valence-corrected chi connectivity index (χ2v) is 4.78. The molecule has 1 atom stereocenters.